The van der Waals surface area contributed by atoms with Gasteiger partial charge in [-0.25, -0.2) is 17.2 Å². The van der Waals surface area contributed by atoms with E-state index < -0.39 is 32.5 Å². The molecule has 1 aromatic heterocycles. The molecule has 1 fully saturated rings. The highest BCUT2D eigenvalue weighted by molar-refractivity contribution is 7.89. The lowest BCUT2D eigenvalue weighted by molar-refractivity contribution is -0.141. The van der Waals surface area contributed by atoms with Gasteiger partial charge < -0.3 is 9.30 Å². The summed E-state index contributed by atoms with van der Waals surface area (Å²) < 4.78 is 62.2. The average molecular weight is 497 g/mol. The van der Waals surface area contributed by atoms with Gasteiger partial charge in [0, 0.05) is 34.7 Å². The fraction of sp³-hybridized carbons (Fsp3) is 0.348. The number of benzene rings is 2. The van der Waals surface area contributed by atoms with Crippen molar-refractivity contribution in [2.75, 3.05) is 20.2 Å². The lowest BCUT2D eigenvalue weighted by Crippen LogP contribution is -2.38. The van der Waals surface area contributed by atoms with E-state index in [9.17, 15) is 22.0 Å². The zero-order valence-corrected chi connectivity index (χ0v) is 19.7. The summed E-state index contributed by atoms with van der Waals surface area (Å²) in [6.45, 7) is 2.23. The Morgan fingerprint density at radius 3 is 2.48 bits per heavy atom. The molecular formula is C23H23ClF2N2O4S. The first kappa shape index (κ1) is 23.7. The normalized spacial score (nSPS) is 15.8. The molecule has 0 unspecified atom stereocenters. The molecule has 0 radical (unpaired) electrons. The molecule has 0 saturated carbocycles. The molecule has 0 atom stereocenters. The fourth-order valence-corrected chi connectivity index (χ4v) is 6.28. The van der Waals surface area contributed by atoms with E-state index in [0.717, 1.165) is 17.3 Å². The second-order valence-electron chi connectivity index (χ2n) is 8.08. The number of rotatable bonds is 5. The lowest BCUT2D eigenvalue weighted by atomic mass is 9.88. The Bertz CT molecular complexity index is 1330. The molecule has 0 aliphatic carbocycles. The van der Waals surface area contributed by atoms with Crippen LogP contribution in [0.2, 0.25) is 5.02 Å². The Labute approximate surface area is 195 Å². The molecule has 0 N–H and O–H groups in total. The molecule has 176 valence electrons. The van der Waals surface area contributed by atoms with Gasteiger partial charge in [-0.1, -0.05) is 11.6 Å². The van der Waals surface area contributed by atoms with Crippen LogP contribution in [0.4, 0.5) is 8.78 Å². The van der Waals surface area contributed by atoms with Crippen molar-refractivity contribution < 1.29 is 26.7 Å². The minimum Gasteiger partial charge on any atom is -0.468 e. The summed E-state index contributed by atoms with van der Waals surface area (Å²) in [7, 11) is -2.71. The number of aromatic nitrogens is 1. The highest BCUT2D eigenvalue weighted by Gasteiger charge is 2.33. The first-order valence-electron chi connectivity index (χ1n) is 10.4. The number of esters is 1. The summed E-state index contributed by atoms with van der Waals surface area (Å²) in [6, 6.07) is 7.92. The van der Waals surface area contributed by atoms with Crippen molar-refractivity contribution in [2.45, 2.75) is 37.1 Å². The van der Waals surface area contributed by atoms with E-state index in [1.54, 1.807) is 10.6 Å². The Morgan fingerprint density at radius 2 is 1.85 bits per heavy atom. The zero-order valence-electron chi connectivity index (χ0n) is 18.1. The second-order valence-corrected chi connectivity index (χ2v) is 10.4. The van der Waals surface area contributed by atoms with Gasteiger partial charge in [0.2, 0.25) is 10.0 Å². The van der Waals surface area contributed by atoms with Crippen LogP contribution in [-0.2, 0) is 26.1 Å². The van der Waals surface area contributed by atoms with Gasteiger partial charge in [0.15, 0.2) is 0 Å². The number of hydrogen-bond acceptors (Lipinski definition) is 4. The predicted molar refractivity (Wildman–Crippen MR) is 121 cm³/mol. The van der Waals surface area contributed by atoms with Crippen molar-refractivity contribution in [3.63, 3.8) is 0 Å². The molecule has 0 spiro atoms. The minimum absolute atomic E-state index is 0.00642. The molecule has 0 amide bonds. The molecule has 3 aromatic rings. The zero-order chi connectivity index (χ0) is 23.9. The first-order valence-corrected chi connectivity index (χ1v) is 12.3. The first-order chi connectivity index (χ1) is 15.6. The third kappa shape index (κ3) is 4.37. The molecule has 1 aliphatic rings. The van der Waals surface area contributed by atoms with Crippen LogP contribution in [-0.4, -0.2) is 43.5 Å². The molecule has 0 bridgehead atoms. The smallest absolute Gasteiger partial charge is 0.325 e. The molecule has 6 nitrogen and oxygen atoms in total. The maximum Gasteiger partial charge on any atom is 0.325 e. The molecule has 10 heteroatoms. The Morgan fingerprint density at radius 1 is 1.15 bits per heavy atom. The number of piperidine rings is 1. The van der Waals surface area contributed by atoms with Crippen LogP contribution in [0.15, 0.2) is 41.3 Å². The monoisotopic (exact) mass is 496 g/mol. The van der Waals surface area contributed by atoms with Crippen LogP contribution in [0.25, 0.3) is 10.9 Å². The van der Waals surface area contributed by atoms with Crippen LogP contribution in [0.5, 0.6) is 0 Å². The van der Waals surface area contributed by atoms with Gasteiger partial charge in [-0.15, -0.1) is 0 Å². The molecule has 1 aliphatic heterocycles. The van der Waals surface area contributed by atoms with Crippen molar-refractivity contribution >= 4 is 38.5 Å². The summed E-state index contributed by atoms with van der Waals surface area (Å²) in [4.78, 5) is 11.5. The van der Waals surface area contributed by atoms with Crippen LogP contribution in [0.3, 0.4) is 0 Å². The molecule has 4 rings (SSSR count). The van der Waals surface area contributed by atoms with Crippen LogP contribution in [0.1, 0.15) is 30.0 Å². The van der Waals surface area contributed by atoms with Crippen LogP contribution in [0, 0.1) is 18.6 Å². The van der Waals surface area contributed by atoms with Crippen LogP contribution < -0.4 is 0 Å². The quantitative estimate of drug-likeness (QED) is 0.483. The van der Waals surface area contributed by atoms with Gasteiger partial charge in [-0.2, -0.15) is 4.31 Å². The SMILES string of the molecule is COC(=O)Cn1c(C)c(C2CCN(S(=O)(=O)c3ccc(Cl)cc3F)CC2)c2cc(F)ccc21. The Hall–Kier alpha value is -2.49. The number of ether oxygens (including phenoxy) is 1. The van der Waals surface area contributed by atoms with E-state index in [2.05, 4.69) is 0 Å². The van der Waals surface area contributed by atoms with E-state index in [4.69, 9.17) is 16.3 Å². The second kappa shape index (κ2) is 9.04. The molecule has 33 heavy (non-hydrogen) atoms. The van der Waals surface area contributed by atoms with Crippen molar-refractivity contribution in [1.82, 2.24) is 8.87 Å². The van der Waals surface area contributed by atoms with E-state index in [1.165, 1.54) is 35.7 Å². The number of fused-ring (bicyclic) bond motifs is 1. The minimum atomic E-state index is -4.02. The summed E-state index contributed by atoms with van der Waals surface area (Å²) in [5.74, 6) is -1.74. The van der Waals surface area contributed by atoms with E-state index in [0.29, 0.717) is 23.7 Å². The summed E-state index contributed by atoms with van der Waals surface area (Å²) in [6.07, 6.45) is 0.951. The average Bonchev–Trinajstić information content (AvgIpc) is 3.03. The standard InChI is InChI=1S/C23H23ClF2N2O4S/c1-14-23(18-12-17(25)4-5-20(18)28(14)13-22(29)32-2)15-7-9-27(10-8-15)33(30,31)21-6-3-16(24)11-19(21)26/h3-6,11-12,15H,7-10,13H2,1-2H3. The summed E-state index contributed by atoms with van der Waals surface area (Å²) in [5.41, 5.74) is 2.42. The molecule has 1 saturated heterocycles. The van der Waals surface area contributed by atoms with E-state index in [1.807, 2.05) is 6.92 Å². The van der Waals surface area contributed by atoms with Gasteiger partial charge >= 0.3 is 5.97 Å². The Balaban J connectivity index is 1.64. The Kier molecular flexibility index (Phi) is 6.48. The molecular weight excluding hydrogens is 474 g/mol. The largest absolute Gasteiger partial charge is 0.468 e. The highest BCUT2D eigenvalue weighted by atomic mass is 35.5. The summed E-state index contributed by atoms with van der Waals surface area (Å²) >= 11 is 5.75. The van der Waals surface area contributed by atoms with Gasteiger partial charge in [0.1, 0.15) is 23.1 Å². The van der Waals surface area contributed by atoms with Crippen molar-refractivity contribution in [3.05, 3.63) is 64.3 Å². The van der Waals surface area contributed by atoms with E-state index >= 15 is 0 Å². The van der Waals surface area contributed by atoms with Gasteiger partial charge in [-0.05, 0) is 67.6 Å². The van der Waals surface area contributed by atoms with Gasteiger partial charge in [0.05, 0.1) is 7.11 Å². The number of sulfonamides is 1. The number of carbonyl (C=O) groups excluding carboxylic acids is 1. The number of carbonyl (C=O) groups is 1. The fourth-order valence-electron chi connectivity index (χ4n) is 4.60. The van der Waals surface area contributed by atoms with Crippen LogP contribution >= 0.6 is 11.6 Å². The third-order valence-electron chi connectivity index (χ3n) is 6.22. The predicted octanol–water partition coefficient (Wildman–Crippen LogP) is 4.62. The number of hydrogen-bond donors (Lipinski definition) is 0. The molecule has 2 aromatic carbocycles. The van der Waals surface area contributed by atoms with Crippen molar-refractivity contribution in [3.8, 4) is 0 Å². The number of nitrogens with zero attached hydrogens (tertiary/aromatic N) is 2. The lowest BCUT2D eigenvalue weighted by Gasteiger charge is -2.31. The summed E-state index contributed by atoms with van der Waals surface area (Å²) in [5, 5.41) is 0.817. The van der Waals surface area contributed by atoms with Gasteiger partial charge in [-0.3, -0.25) is 4.79 Å². The van der Waals surface area contributed by atoms with Crippen molar-refractivity contribution in [2.24, 2.45) is 0 Å². The maximum absolute atomic E-state index is 14.3. The highest BCUT2D eigenvalue weighted by Crippen LogP contribution is 2.39. The topological polar surface area (TPSA) is 68.6 Å². The number of halogens is 3. The number of methoxy groups -OCH3 is 1. The maximum atomic E-state index is 14.3. The van der Waals surface area contributed by atoms with Crippen molar-refractivity contribution in [1.29, 1.82) is 0 Å². The third-order valence-corrected chi connectivity index (χ3v) is 8.39. The molecule has 2 heterocycles. The van der Waals surface area contributed by atoms with Gasteiger partial charge in [0.25, 0.3) is 0 Å². The van der Waals surface area contributed by atoms with E-state index in [-0.39, 0.29) is 30.6 Å².